The zero-order valence-corrected chi connectivity index (χ0v) is 13.3. The monoisotopic (exact) mass is 353 g/mol. The summed E-state index contributed by atoms with van der Waals surface area (Å²) in [6.45, 7) is 1.49. The fourth-order valence-electron chi connectivity index (χ4n) is 1.90. The van der Waals surface area contributed by atoms with Gasteiger partial charge in [-0.15, -0.1) is 0 Å². The highest BCUT2D eigenvalue weighted by Gasteiger charge is 2.03. The SMILES string of the molecule is CNCc1ccccc1OCCOc1cc(F)cc(Br)c1. The van der Waals surface area contributed by atoms with Gasteiger partial charge in [0.2, 0.25) is 0 Å². The molecular weight excluding hydrogens is 337 g/mol. The molecule has 0 aliphatic carbocycles. The van der Waals surface area contributed by atoms with Gasteiger partial charge in [0.15, 0.2) is 0 Å². The number of hydrogen-bond donors (Lipinski definition) is 1. The molecule has 0 saturated carbocycles. The highest BCUT2D eigenvalue weighted by atomic mass is 79.9. The lowest BCUT2D eigenvalue weighted by Gasteiger charge is -2.12. The molecule has 112 valence electrons. The zero-order chi connectivity index (χ0) is 15.1. The second kappa shape index (κ2) is 8.00. The number of halogens is 2. The predicted octanol–water partition coefficient (Wildman–Crippen LogP) is 3.77. The van der Waals surface area contributed by atoms with Crippen molar-refractivity contribution < 1.29 is 13.9 Å². The Bertz CT molecular complexity index is 572. The molecule has 1 N–H and O–H groups in total. The molecule has 2 aromatic rings. The van der Waals surface area contributed by atoms with E-state index in [0.717, 1.165) is 17.9 Å². The van der Waals surface area contributed by atoms with Crippen LogP contribution in [0, 0.1) is 5.82 Å². The third-order valence-corrected chi connectivity index (χ3v) is 3.24. The van der Waals surface area contributed by atoms with Crippen molar-refractivity contribution in [3.05, 3.63) is 58.3 Å². The minimum Gasteiger partial charge on any atom is -0.490 e. The van der Waals surface area contributed by atoms with Gasteiger partial charge in [-0.05, 0) is 25.2 Å². The molecule has 3 nitrogen and oxygen atoms in total. The third kappa shape index (κ3) is 5.02. The fraction of sp³-hybridized carbons (Fsp3) is 0.250. The van der Waals surface area contributed by atoms with E-state index in [9.17, 15) is 4.39 Å². The first-order valence-corrected chi connectivity index (χ1v) is 7.42. The Morgan fingerprint density at radius 2 is 1.86 bits per heavy atom. The summed E-state index contributed by atoms with van der Waals surface area (Å²) >= 11 is 3.23. The van der Waals surface area contributed by atoms with Gasteiger partial charge in [-0.3, -0.25) is 0 Å². The van der Waals surface area contributed by atoms with E-state index in [1.165, 1.54) is 12.1 Å². The first kappa shape index (κ1) is 15.8. The number of nitrogens with one attached hydrogen (secondary N) is 1. The van der Waals surface area contributed by atoms with Gasteiger partial charge in [-0.2, -0.15) is 0 Å². The fourth-order valence-corrected chi connectivity index (χ4v) is 2.35. The van der Waals surface area contributed by atoms with Crippen LogP contribution in [-0.4, -0.2) is 20.3 Å². The van der Waals surface area contributed by atoms with Gasteiger partial charge in [0, 0.05) is 22.6 Å². The minimum atomic E-state index is -0.334. The van der Waals surface area contributed by atoms with Crippen LogP contribution >= 0.6 is 15.9 Å². The molecule has 0 atom stereocenters. The van der Waals surface area contributed by atoms with E-state index in [1.54, 1.807) is 6.07 Å². The van der Waals surface area contributed by atoms with Crippen LogP contribution < -0.4 is 14.8 Å². The zero-order valence-electron chi connectivity index (χ0n) is 11.7. The number of ether oxygens (including phenoxy) is 2. The van der Waals surface area contributed by atoms with E-state index in [2.05, 4.69) is 21.2 Å². The summed E-state index contributed by atoms with van der Waals surface area (Å²) in [5, 5.41) is 3.09. The third-order valence-electron chi connectivity index (χ3n) is 2.79. The van der Waals surface area contributed by atoms with Gasteiger partial charge in [0.05, 0.1) is 0 Å². The molecule has 2 aromatic carbocycles. The summed E-state index contributed by atoms with van der Waals surface area (Å²) in [7, 11) is 1.89. The Balaban J connectivity index is 1.84. The molecule has 0 amide bonds. The van der Waals surface area contributed by atoms with Crippen LogP contribution in [-0.2, 0) is 6.54 Å². The highest BCUT2D eigenvalue weighted by molar-refractivity contribution is 9.10. The summed E-state index contributed by atoms with van der Waals surface area (Å²) in [6.07, 6.45) is 0. The molecule has 0 unspecified atom stereocenters. The van der Waals surface area contributed by atoms with E-state index in [1.807, 2.05) is 31.3 Å². The predicted molar refractivity (Wildman–Crippen MR) is 84.3 cm³/mol. The Labute approximate surface area is 132 Å². The molecule has 0 saturated heterocycles. The van der Waals surface area contributed by atoms with Crippen molar-refractivity contribution in [2.45, 2.75) is 6.54 Å². The van der Waals surface area contributed by atoms with Crippen molar-refractivity contribution in [2.24, 2.45) is 0 Å². The maximum Gasteiger partial charge on any atom is 0.128 e. The van der Waals surface area contributed by atoms with Gasteiger partial charge in [0.1, 0.15) is 30.5 Å². The van der Waals surface area contributed by atoms with E-state index in [0.29, 0.717) is 23.4 Å². The summed E-state index contributed by atoms with van der Waals surface area (Å²) < 4.78 is 25.0. The van der Waals surface area contributed by atoms with Crippen LogP contribution in [0.3, 0.4) is 0 Å². The average molecular weight is 354 g/mol. The van der Waals surface area contributed by atoms with Crippen molar-refractivity contribution in [3.63, 3.8) is 0 Å². The first-order valence-electron chi connectivity index (χ1n) is 6.63. The van der Waals surface area contributed by atoms with Crippen LogP contribution in [0.5, 0.6) is 11.5 Å². The van der Waals surface area contributed by atoms with Crippen LogP contribution in [0.2, 0.25) is 0 Å². The highest BCUT2D eigenvalue weighted by Crippen LogP contribution is 2.21. The molecule has 0 aliphatic rings. The van der Waals surface area contributed by atoms with Gasteiger partial charge in [-0.25, -0.2) is 4.39 Å². The molecule has 0 aliphatic heterocycles. The summed E-state index contributed by atoms with van der Waals surface area (Å²) in [6, 6.07) is 12.3. The Morgan fingerprint density at radius 3 is 2.62 bits per heavy atom. The maximum atomic E-state index is 13.2. The number of benzene rings is 2. The lowest BCUT2D eigenvalue weighted by molar-refractivity contribution is 0.215. The lowest BCUT2D eigenvalue weighted by atomic mass is 10.2. The molecule has 0 radical (unpaired) electrons. The summed E-state index contributed by atoms with van der Waals surface area (Å²) in [4.78, 5) is 0. The van der Waals surface area contributed by atoms with E-state index >= 15 is 0 Å². The standard InChI is InChI=1S/C16H17BrFNO2/c1-19-11-12-4-2-3-5-16(12)21-7-6-20-15-9-13(17)8-14(18)10-15/h2-5,8-10,19H,6-7,11H2,1H3. The van der Waals surface area contributed by atoms with Crippen molar-refractivity contribution in [2.75, 3.05) is 20.3 Å². The maximum absolute atomic E-state index is 13.2. The van der Waals surface area contributed by atoms with Gasteiger partial charge in [-0.1, -0.05) is 34.1 Å². The minimum absolute atomic E-state index is 0.334. The quantitative estimate of drug-likeness (QED) is 0.768. The van der Waals surface area contributed by atoms with Crippen molar-refractivity contribution in [1.82, 2.24) is 5.32 Å². The van der Waals surface area contributed by atoms with Crippen molar-refractivity contribution in [3.8, 4) is 11.5 Å². The smallest absolute Gasteiger partial charge is 0.128 e. The Morgan fingerprint density at radius 1 is 1.10 bits per heavy atom. The van der Waals surface area contributed by atoms with Gasteiger partial charge < -0.3 is 14.8 Å². The second-order valence-electron chi connectivity index (χ2n) is 4.44. The van der Waals surface area contributed by atoms with E-state index < -0.39 is 0 Å². The second-order valence-corrected chi connectivity index (χ2v) is 5.36. The molecule has 5 heteroatoms. The number of hydrogen-bond acceptors (Lipinski definition) is 3. The van der Waals surface area contributed by atoms with E-state index in [4.69, 9.17) is 9.47 Å². The number of para-hydroxylation sites is 1. The molecule has 0 bridgehead atoms. The molecular formula is C16H17BrFNO2. The largest absolute Gasteiger partial charge is 0.490 e. The molecule has 0 aromatic heterocycles. The van der Waals surface area contributed by atoms with Crippen molar-refractivity contribution in [1.29, 1.82) is 0 Å². The summed E-state index contributed by atoms with van der Waals surface area (Å²) in [5.41, 5.74) is 1.09. The molecule has 21 heavy (non-hydrogen) atoms. The van der Waals surface area contributed by atoms with Gasteiger partial charge >= 0.3 is 0 Å². The molecule has 2 rings (SSSR count). The molecule has 0 heterocycles. The van der Waals surface area contributed by atoms with Crippen LogP contribution in [0.1, 0.15) is 5.56 Å². The number of rotatable bonds is 7. The average Bonchev–Trinajstić information content (AvgIpc) is 2.44. The van der Waals surface area contributed by atoms with Crippen molar-refractivity contribution >= 4 is 15.9 Å². The lowest BCUT2D eigenvalue weighted by Crippen LogP contribution is -2.12. The first-order chi connectivity index (χ1) is 10.2. The molecule has 0 fully saturated rings. The van der Waals surface area contributed by atoms with Crippen LogP contribution in [0.15, 0.2) is 46.9 Å². The summed E-state index contributed by atoms with van der Waals surface area (Å²) in [5.74, 6) is 0.976. The topological polar surface area (TPSA) is 30.5 Å². The van der Waals surface area contributed by atoms with Gasteiger partial charge in [0.25, 0.3) is 0 Å². The normalized spacial score (nSPS) is 10.4. The van der Waals surface area contributed by atoms with Crippen LogP contribution in [0.25, 0.3) is 0 Å². The molecule has 0 spiro atoms. The van der Waals surface area contributed by atoms with Crippen LogP contribution in [0.4, 0.5) is 4.39 Å². The Hall–Kier alpha value is -1.59. The van der Waals surface area contributed by atoms with E-state index in [-0.39, 0.29) is 5.82 Å². The Kier molecular flexibility index (Phi) is 6.02.